The number of anilines is 4. The summed E-state index contributed by atoms with van der Waals surface area (Å²) in [4.78, 5) is 15.6. The maximum atomic E-state index is 12.8. The SMILES string of the molecule is CC(C)Nc1nc(Nc2ccc(N3CCOCC3)cc2)ncc1N=Cc1ccc(C(F)(F)F)cc1. The van der Waals surface area contributed by atoms with E-state index in [4.69, 9.17) is 4.74 Å². The molecule has 0 atom stereocenters. The summed E-state index contributed by atoms with van der Waals surface area (Å²) in [7, 11) is 0. The van der Waals surface area contributed by atoms with Crippen LogP contribution in [0.3, 0.4) is 0 Å². The lowest BCUT2D eigenvalue weighted by Crippen LogP contribution is -2.36. The summed E-state index contributed by atoms with van der Waals surface area (Å²) in [5, 5.41) is 6.45. The van der Waals surface area contributed by atoms with Gasteiger partial charge in [-0.15, -0.1) is 0 Å². The monoisotopic (exact) mass is 484 g/mol. The first kappa shape index (κ1) is 24.5. The molecule has 0 spiro atoms. The fraction of sp³-hybridized carbons (Fsp3) is 0.320. The van der Waals surface area contributed by atoms with Gasteiger partial charge >= 0.3 is 6.18 Å². The van der Waals surface area contributed by atoms with Crippen LogP contribution in [0, 0.1) is 0 Å². The Kier molecular flexibility index (Phi) is 7.50. The topological polar surface area (TPSA) is 74.7 Å². The molecule has 7 nitrogen and oxygen atoms in total. The number of aliphatic imine (C=N–C) groups is 1. The molecule has 3 aromatic rings. The first-order valence-electron chi connectivity index (χ1n) is 11.3. The van der Waals surface area contributed by atoms with Gasteiger partial charge in [-0.3, -0.25) is 4.99 Å². The third kappa shape index (κ3) is 6.69. The van der Waals surface area contributed by atoms with Crippen molar-refractivity contribution in [2.45, 2.75) is 26.1 Å². The van der Waals surface area contributed by atoms with Crippen molar-refractivity contribution in [3.05, 3.63) is 65.9 Å². The van der Waals surface area contributed by atoms with Crippen LogP contribution in [-0.2, 0) is 10.9 Å². The molecule has 4 rings (SSSR count). The van der Waals surface area contributed by atoms with Crippen LogP contribution < -0.4 is 15.5 Å². The second-order valence-electron chi connectivity index (χ2n) is 8.38. The van der Waals surface area contributed by atoms with E-state index in [9.17, 15) is 13.2 Å². The van der Waals surface area contributed by atoms with Gasteiger partial charge in [0, 0.05) is 36.7 Å². The lowest BCUT2D eigenvalue weighted by atomic mass is 10.1. The van der Waals surface area contributed by atoms with Crippen LogP contribution in [0.15, 0.2) is 59.7 Å². The number of nitrogens with one attached hydrogen (secondary N) is 2. The number of hydrogen-bond donors (Lipinski definition) is 2. The molecule has 0 saturated carbocycles. The third-order valence-corrected chi connectivity index (χ3v) is 5.29. The Morgan fingerprint density at radius 3 is 2.34 bits per heavy atom. The zero-order valence-corrected chi connectivity index (χ0v) is 19.5. The summed E-state index contributed by atoms with van der Waals surface area (Å²) in [6.07, 6.45) is -1.31. The summed E-state index contributed by atoms with van der Waals surface area (Å²) in [6, 6.07) is 12.9. The van der Waals surface area contributed by atoms with Crippen molar-refractivity contribution in [3.63, 3.8) is 0 Å². The predicted octanol–water partition coefficient (Wildman–Crippen LogP) is 5.65. The van der Waals surface area contributed by atoms with Gasteiger partial charge in [0.05, 0.1) is 25.0 Å². The largest absolute Gasteiger partial charge is 0.416 e. The van der Waals surface area contributed by atoms with Crippen LogP contribution >= 0.6 is 0 Å². The number of rotatable bonds is 7. The minimum atomic E-state index is -4.37. The molecule has 0 amide bonds. The van der Waals surface area contributed by atoms with Crippen LogP contribution in [0.1, 0.15) is 25.0 Å². The van der Waals surface area contributed by atoms with Crippen molar-refractivity contribution in [2.24, 2.45) is 4.99 Å². The molecule has 1 aliphatic rings. The molecule has 2 aromatic carbocycles. The zero-order chi connectivity index (χ0) is 24.8. The highest BCUT2D eigenvalue weighted by Crippen LogP contribution is 2.29. The number of ether oxygens (including phenoxy) is 1. The van der Waals surface area contributed by atoms with Crippen LogP contribution in [0.5, 0.6) is 0 Å². The molecule has 2 N–H and O–H groups in total. The van der Waals surface area contributed by atoms with E-state index in [2.05, 4.69) is 30.5 Å². The van der Waals surface area contributed by atoms with Gasteiger partial charge in [0.25, 0.3) is 0 Å². The molecule has 35 heavy (non-hydrogen) atoms. The van der Waals surface area contributed by atoms with E-state index in [1.165, 1.54) is 18.3 Å². The Bertz CT molecular complexity index is 1140. The number of benzene rings is 2. The van der Waals surface area contributed by atoms with Crippen molar-refractivity contribution in [1.82, 2.24) is 9.97 Å². The maximum absolute atomic E-state index is 12.8. The molecule has 184 valence electrons. The summed E-state index contributed by atoms with van der Waals surface area (Å²) >= 11 is 0. The minimum Gasteiger partial charge on any atom is -0.378 e. The number of morpholine rings is 1. The van der Waals surface area contributed by atoms with Crippen LogP contribution in [0.2, 0.25) is 0 Å². The molecule has 1 aromatic heterocycles. The molecular formula is C25H27F3N6O. The molecule has 2 heterocycles. The summed E-state index contributed by atoms with van der Waals surface area (Å²) in [5.41, 5.74) is 2.30. The van der Waals surface area contributed by atoms with E-state index in [1.54, 1.807) is 6.20 Å². The second-order valence-corrected chi connectivity index (χ2v) is 8.38. The molecule has 0 radical (unpaired) electrons. The Labute approximate surface area is 202 Å². The van der Waals surface area contributed by atoms with Crippen LogP contribution in [0.25, 0.3) is 0 Å². The summed E-state index contributed by atoms with van der Waals surface area (Å²) in [5.74, 6) is 0.923. The van der Waals surface area contributed by atoms with Gasteiger partial charge in [0.2, 0.25) is 5.95 Å². The van der Waals surface area contributed by atoms with Gasteiger partial charge in [-0.1, -0.05) is 12.1 Å². The molecule has 1 aliphatic heterocycles. The van der Waals surface area contributed by atoms with Crippen molar-refractivity contribution in [2.75, 3.05) is 41.8 Å². The molecule has 1 saturated heterocycles. The Morgan fingerprint density at radius 2 is 1.71 bits per heavy atom. The number of halogens is 3. The van der Waals surface area contributed by atoms with Gasteiger partial charge in [-0.05, 0) is 55.8 Å². The summed E-state index contributed by atoms with van der Waals surface area (Å²) < 4.78 is 43.7. The van der Waals surface area contributed by atoms with E-state index in [-0.39, 0.29) is 6.04 Å². The normalized spacial score (nSPS) is 14.5. The molecule has 10 heteroatoms. The Hall–Kier alpha value is -3.66. The lowest BCUT2D eigenvalue weighted by Gasteiger charge is -2.28. The summed E-state index contributed by atoms with van der Waals surface area (Å²) in [6.45, 7) is 7.15. The average molecular weight is 485 g/mol. The van der Waals surface area contributed by atoms with E-state index in [0.29, 0.717) is 23.0 Å². The van der Waals surface area contributed by atoms with Gasteiger partial charge in [0.15, 0.2) is 5.82 Å². The smallest absolute Gasteiger partial charge is 0.378 e. The van der Waals surface area contributed by atoms with Gasteiger partial charge in [0.1, 0.15) is 5.69 Å². The fourth-order valence-corrected chi connectivity index (χ4v) is 3.52. The highest BCUT2D eigenvalue weighted by atomic mass is 19.4. The first-order valence-corrected chi connectivity index (χ1v) is 11.3. The first-order chi connectivity index (χ1) is 16.8. The van der Waals surface area contributed by atoms with Crippen molar-refractivity contribution < 1.29 is 17.9 Å². The predicted molar refractivity (Wildman–Crippen MR) is 132 cm³/mol. The van der Waals surface area contributed by atoms with Crippen molar-refractivity contribution in [3.8, 4) is 0 Å². The molecule has 0 bridgehead atoms. The van der Waals surface area contributed by atoms with E-state index >= 15 is 0 Å². The van der Waals surface area contributed by atoms with Gasteiger partial charge in [-0.25, -0.2) is 4.98 Å². The maximum Gasteiger partial charge on any atom is 0.416 e. The third-order valence-electron chi connectivity index (χ3n) is 5.29. The number of alkyl halides is 3. The highest BCUT2D eigenvalue weighted by Gasteiger charge is 2.29. The molecule has 0 aliphatic carbocycles. The molecular weight excluding hydrogens is 457 g/mol. The second kappa shape index (κ2) is 10.7. The average Bonchev–Trinajstić information content (AvgIpc) is 2.84. The van der Waals surface area contributed by atoms with Gasteiger partial charge in [-0.2, -0.15) is 18.2 Å². The van der Waals surface area contributed by atoms with Crippen molar-refractivity contribution in [1.29, 1.82) is 0 Å². The number of nitrogens with zero attached hydrogens (tertiary/aromatic N) is 4. The fourth-order valence-electron chi connectivity index (χ4n) is 3.52. The molecule has 1 fully saturated rings. The number of aromatic nitrogens is 2. The standard InChI is InChI=1S/C25H27F3N6O/c1-17(2)31-23-22(29-15-18-3-5-19(6-4-18)25(26,27)28)16-30-24(33-23)32-20-7-9-21(10-8-20)34-11-13-35-14-12-34/h3-10,15-17H,11-14H2,1-2H3,(H2,30,31,32,33). The Morgan fingerprint density at radius 1 is 1.03 bits per heavy atom. The van der Waals surface area contributed by atoms with E-state index < -0.39 is 11.7 Å². The highest BCUT2D eigenvalue weighted by molar-refractivity contribution is 5.83. The minimum absolute atomic E-state index is 0.0885. The molecule has 0 unspecified atom stereocenters. The lowest BCUT2D eigenvalue weighted by molar-refractivity contribution is -0.137. The van der Waals surface area contributed by atoms with E-state index in [0.717, 1.165) is 49.8 Å². The zero-order valence-electron chi connectivity index (χ0n) is 19.5. The van der Waals surface area contributed by atoms with Crippen LogP contribution in [0.4, 0.5) is 42.0 Å². The quantitative estimate of drug-likeness (QED) is 0.423. The van der Waals surface area contributed by atoms with E-state index in [1.807, 2.05) is 38.1 Å². The number of hydrogen-bond acceptors (Lipinski definition) is 7. The Balaban J connectivity index is 1.48. The van der Waals surface area contributed by atoms with Crippen LogP contribution in [-0.4, -0.2) is 48.5 Å². The van der Waals surface area contributed by atoms with Crippen molar-refractivity contribution >= 4 is 35.0 Å². The van der Waals surface area contributed by atoms with Gasteiger partial charge < -0.3 is 20.3 Å².